The standard InChI is InChI=1S/C12H15BrN2O2S/c1-7(2)11-12(17)14-5-10(16)15(11)6-9-8(13)3-4-18-9/h3-4,7,11H,5-6H2,1-2H3,(H,14,17). The Kier molecular flexibility index (Phi) is 4.07. The summed E-state index contributed by atoms with van der Waals surface area (Å²) in [4.78, 5) is 26.6. The number of carbonyl (C=O) groups excluding carboxylic acids is 2. The lowest BCUT2D eigenvalue weighted by atomic mass is 9.99. The highest BCUT2D eigenvalue weighted by Crippen LogP contribution is 2.26. The highest BCUT2D eigenvalue weighted by atomic mass is 79.9. The first-order valence-corrected chi connectivity index (χ1v) is 7.47. The summed E-state index contributed by atoms with van der Waals surface area (Å²) in [5, 5.41) is 4.62. The van der Waals surface area contributed by atoms with E-state index in [1.165, 1.54) is 0 Å². The molecule has 2 rings (SSSR count). The van der Waals surface area contributed by atoms with Gasteiger partial charge in [-0.25, -0.2) is 0 Å². The number of carbonyl (C=O) groups is 2. The molecule has 0 aromatic carbocycles. The lowest BCUT2D eigenvalue weighted by Gasteiger charge is -2.37. The molecule has 18 heavy (non-hydrogen) atoms. The highest BCUT2D eigenvalue weighted by molar-refractivity contribution is 9.10. The minimum Gasteiger partial charge on any atom is -0.345 e. The topological polar surface area (TPSA) is 49.4 Å². The van der Waals surface area contributed by atoms with Crippen LogP contribution in [0.15, 0.2) is 15.9 Å². The molecule has 1 aromatic heterocycles. The maximum Gasteiger partial charge on any atom is 0.243 e. The van der Waals surface area contributed by atoms with Crippen LogP contribution in [0.4, 0.5) is 0 Å². The van der Waals surface area contributed by atoms with Crippen molar-refractivity contribution in [2.24, 2.45) is 5.92 Å². The summed E-state index contributed by atoms with van der Waals surface area (Å²) in [6.45, 7) is 4.51. The van der Waals surface area contributed by atoms with Gasteiger partial charge < -0.3 is 10.2 Å². The zero-order valence-electron chi connectivity index (χ0n) is 10.3. The van der Waals surface area contributed by atoms with Gasteiger partial charge in [0.15, 0.2) is 0 Å². The summed E-state index contributed by atoms with van der Waals surface area (Å²) in [5.74, 6) is 0.0267. The number of hydrogen-bond donors (Lipinski definition) is 1. The van der Waals surface area contributed by atoms with Gasteiger partial charge in [0, 0.05) is 9.35 Å². The Labute approximate surface area is 118 Å². The van der Waals surface area contributed by atoms with E-state index in [2.05, 4.69) is 21.2 Å². The third-order valence-corrected chi connectivity index (χ3v) is 4.89. The molecule has 1 unspecified atom stereocenters. The summed E-state index contributed by atoms with van der Waals surface area (Å²) in [7, 11) is 0. The van der Waals surface area contributed by atoms with Crippen molar-refractivity contribution < 1.29 is 9.59 Å². The van der Waals surface area contributed by atoms with Crippen molar-refractivity contribution in [3.63, 3.8) is 0 Å². The molecule has 4 nitrogen and oxygen atoms in total. The molecule has 0 aliphatic carbocycles. The first-order valence-electron chi connectivity index (χ1n) is 5.79. The second-order valence-corrected chi connectivity index (χ2v) is 6.48. The molecule has 1 saturated heterocycles. The molecule has 0 radical (unpaired) electrons. The van der Waals surface area contributed by atoms with E-state index < -0.39 is 0 Å². The molecule has 2 heterocycles. The van der Waals surface area contributed by atoms with Gasteiger partial charge in [0.25, 0.3) is 0 Å². The van der Waals surface area contributed by atoms with Crippen molar-refractivity contribution in [3.8, 4) is 0 Å². The third-order valence-electron chi connectivity index (χ3n) is 2.98. The minimum atomic E-state index is -0.375. The maximum absolute atomic E-state index is 12.0. The number of nitrogens with one attached hydrogen (secondary N) is 1. The van der Waals surface area contributed by atoms with Crippen molar-refractivity contribution in [3.05, 3.63) is 20.8 Å². The number of halogens is 1. The first kappa shape index (κ1) is 13.5. The van der Waals surface area contributed by atoms with E-state index in [9.17, 15) is 9.59 Å². The third kappa shape index (κ3) is 2.59. The van der Waals surface area contributed by atoms with Crippen LogP contribution >= 0.6 is 27.3 Å². The van der Waals surface area contributed by atoms with Gasteiger partial charge in [-0.3, -0.25) is 9.59 Å². The Morgan fingerprint density at radius 3 is 2.83 bits per heavy atom. The molecule has 1 aromatic rings. The van der Waals surface area contributed by atoms with Gasteiger partial charge >= 0.3 is 0 Å². The van der Waals surface area contributed by atoms with Crippen LogP contribution in [-0.2, 0) is 16.1 Å². The normalized spacial score (nSPS) is 20.4. The van der Waals surface area contributed by atoms with Gasteiger partial charge in [-0.15, -0.1) is 11.3 Å². The molecule has 1 aliphatic heterocycles. The predicted molar refractivity (Wildman–Crippen MR) is 74.2 cm³/mol. The summed E-state index contributed by atoms with van der Waals surface area (Å²) in [5.41, 5.74) is 0. The summed E-state index contributed by atoms with van der Waals surface area (Å²) in [6.07, 6.45) is 0. The largest absolute Gasteiger partial charge is 0.345 e. The fourth-order valence-electron chi connectivity index (χ4n) is 2.11. The zero-order chi connectivity index (χ0) is 13.3. The van der Waals surface area contributed by atoms with Crippen molar-refractivity contribution in [1.82, 2.24) is 10.2 Å². The maximum atomic E-state index is 12.0. The van der Waals surface area contributed by atoms with Gasteiger partial charge in [0.1, 0.15) is 6.04 Å². The smallest absolute Gasteiger partial charge is 0.243 e. The van der Waals surface area contributed by atoms with Crippen LogP contribution in [0.3, 0.4) is 0 Å². The molecule has 98 valence electrons. The zero-order valence-corrected chi connectivity index (χ0v) is 12.7. The Morgan fingerprint density at radius 1 is 1.56 bits per heavy atom. The summed E-state index contributed by atoms with van der Waals surface area (Å²) < 4.78 is 0.994. The lowest BCUT2D eigenvalue weighted by Crippen LogP contribution is -2.59. The van der Waals surface area contributed by atoms with E-state index in [1.807, 2.05) is 25.3 Å². The van der Waals surface area contributed by atoms with E-state index in [4.69, 9.17) is 0 Å². The van der Waals surface area contributed by atoms with E-state index in [-0.39, 0.29) is 30.3 Å². The van der Waals surface area contributed by atoms with Crippen LogP contribution in [0.5, 0.6) is 0 Å². The quantitative estimate of drug-likeness (QED) is 0.921. The lowest BCUT2D eigenvalue weighted by molar-refractivity contribution is -0.148. The second kappa shape index (κ2) is 5.40. The average Bonchev–Trinajstić information content (AvgIpc) is 2.69. The number of nitrogens with zero attached hydrogens (tertiary/aromatic N) is 1. The molecular formula is C12H15BrN2O2S. The van der Waals surface area contributed by atoms with Gasteiger partial charge in [-0.1, -0.05) is 13.8 Å². The van der Waals surface area contributed by atoms with Crippen LogP contribution in [0.1, 0.15) is 18.7 Å². The fourth-order valence-corrected chi connectivity index (χ4v) is 3.58. The van der Waals surface area contributed by atoms with Gasteiger partial charge in [0.2, 0.25) is 11.8 Å². The molecular weight excluding hydrogens is 316 g/mol. The van der Waals surface area contributed by atoms with Crippen LogP contribution in [0.25, 0.3) is 0 Å². The Morgan fingerprint density at radius 2 is 2.28 bits per heavy atom. The average molecular weight is 331 g/mol. The van der Waals surface area contributed by atoms with Crippen LogP contribution < -0.4 is 5.32 Å². The molecule has 1 fully saturated rings. The van der Waals surface area contributed by atoms with Crippen molar-refractivity contribution >= 4 is 39.1 Å². The monoisotopic (exact) mass is 330 g/mol. The Balaban J connectivity index is 2.23. The predicted octanol–water partition coefficient (Wildman–Crippen LogP) is 1.99. The molecule has 1 atom stereocenters. The molecule has 6 heteroatoms. The number of piperazine rings is 1. The van der Waals surface area contributed by atoms with E-state index >= 15 is 0 Å². The van der Waals surface area contributed by atoms with E-state index in [0.717, 1.165) is 9.35 Å². The SMILES string of the molecule is CC(C)C1C(=O)NCC(=O)N1Cc1sccc1Br. The van der Waals surface area contributed by atoms with E-state index in [0.29, 0.717) is 6.54 Å². The summed E-state index contributed by atoms with van der Waals surface area (Å²) >= 11 is 5.04. The Bertz CT molecular complexity index is 472. The van der Waals surface area contributed by atoms with Crippen molar-refractivity contribution in [2.45, 2.75) is 26.4 Å². The van der Waals surface area contributed by atoms with Gasteiger partial charge in [0.05, 0.1) is 13.1 Å². The molecule has 1 aliphatic rings. The molecule has 0 bridgehead atoms. The highest BCUT2D eigenvalue weighted by Gasteiger charge is 2.36. The van der Waals surface area contributed by atoms with Gasteiger partial charge in [-0.05, 0) is 33.3 Å². The van der Waals surface area contributed by atoms with Crippen LogP contribution in [0, 0.1) is 5.92 Å². The molecule has 0 saturated carbocycles. The van der Waals surface area contributed by atoms with Crippen molar-refractivity contribution in [2.75, 3.05) is 6.54 Å². The van der Waals surface area contributed by atoms with Gasteiger partial charge in [-0.2, -0.15) is 0 Å². The Hall–Kier alpha value is -0.880. The van der Waals surface area contributed by atoms with E-state index in [1.54, 1.807) is 16.2 Å². The second-order valence-electron chi connectivity index (χ2n) is 4.62. The number of rotatable bonds is 3. The number of thiophene rings is 1. The molecule has 2 amide bonds. The summed E-state index contributed by atoms with van der Waals surface area (Å²) in [6, 6.07) is 1.58. The first-order chi connectivity index (χ1) is 8.50. The van der Waals surface area contributed by atoms with Crippen LogP contribution in [0.2, 0.25) is 0 Å². The fraction of sp³-hybridized carbons (Fsp3) is 0.500. The van der Waals surface area contributed by atoms with Crippen molar-refractivity contribution in [1.29, 1.82) is 0 Å². The molecule has 1 N–H and O–H groups in total. The molecule has 0 spiro atoms. The van der Waals surface area contributed by atoms with Crippen LogP contribution in [-0.4, -0.2) is 29.3 Å². The number of hydrogen-bond acceptors (Lipinski definition) is 3. The number of amides is 2. The minimum absolute atomic E-state index is 0.0198.